The summed E-state index contributed by atoms with van der Waals surface area (Å²) in [6.07, 6.45) is 2.14. The average molecular weight is 288 g/mol. The molecule has 1 heterocycles. The molecule has 4 heteroatoms. The predicted octanol–water partition coefficient (Wildman–Crippen LogP) is 3.41. The fraction of sp³-hybridized carbons (Fsp3) is 0.500. The van der Waals surface area contributed by atoms with E-state index in [4.69, 9.17) is 4.74 Å². The number of hydrogen-bond donors (Lipinski definition) is 1. The largest absolute Gasteiger partial charge is 0.488 e. The number of benzene rings is 1. The number of hydrogen-bond acceptors (Lipinski definition) is 2. The first-order valence-corrected chi connectivity index (χ1v) is 6.29. The standard InChI is InChI=1S/C12H15BrFNO/c1-3-4-10-12(15-2)7-5-9(14)8(13)6-11(7)16-10/h5-6,10,12,15H,3-4H2,1-2H3. The molecule has 1 aromatic carbocycles. The summed E-state index contributed by atoms with van der Waals surface area (Å²) in [5.74, 6) is 0.547. The highest BCUT2D eigenvalue weighted by Crippen LogP contribution is 2.40. The maximum absolute atomic E-state index is 13.5. The third-order valence-electron chi connectivity index (χ3n) is 2.92. The Kier molecular flexibility index (Phi) is 3.50. The molecule has 16 heavy (non-hydrogen) atoms. The lowest BCUT2D eigenvalue weighted by Crippen LogP contribution is -2.28. The van der Waals surface area contributed by atoms with E-state index in [9.17, 15) is 4.39 Å². The van der Waals surface area contributed by atoms with Gasteiger partial charge in [0.1, 0.15) is 17.7 Å². The van der Waals surface area contributed by atoms with E-state index in [0.717, 1.165) is 24.2 Å². The molecule has 2 atom stereocenters. The molecule has 0 amide bonds. The van der Waals surface area contributed by atoms with Crippen molar-refractivity contribution in [1.29, 1.82) is 0 Å². The first-order valence-electron chi connectivity index (χ1n) is 5.50. The highest BCUT2D eigenvalue weighted by Gasteiger charge is 2.33. The van der Waals surface area contributed by atoms with Crippen LogP contribution in [0.15, 0.2) is 16.6 Å². The summed E-state index contributed by atoms with van der Waals surface area (Å²) in [7, 11) is 1.88. The highest BCUT2D eigenvalue weighted by molar-refractivity contribution is 9.10. The van der Waals surface area contributed by atoms with E-state index >= 15 is 0 Å². The topological polar surface area (TPSA) is 21.3 Å². The van der Waals surface area contributed by atoms with Crippen molar-refractivity contribution in [2.75, 3.05) is 7.05 Å². The summed E-state index contributed by atoms with van der Waals surface area (Å²) in [6.45, 7) is 2.12. The van der Waals surface area contributed by atoms with Crippen LogP contribution in [-0.2, 0) is 0 Å². The molecule has 2 rings (SSSR count). The summed E-state index contributed by atoms with van der Waals surface area (Å²) >= 11 is 3.17. The third-order valence-corrected chi connectivity index (χ3v) is 3.53. The van der Waals surface area contributed by atoms with Gasteiger partial charge >= 0.3 is 0 Å². The van der Waals surface area contributed by atoms with Crippen LogP contribution in [0.5, 0.6) is 5.75 Å². The number of likely N-dealkylation sites (N-methyl/N-ethyl adjacent to an activating group) is 1. The van der Waals surface area contributed by atoms with Gasteiger partial charge in [0.2, 0.25) is 0 Å². The van der Waals surface area contributed by atoms with E-state index in [1.54, 1.807) is 12.1 Å². The number of ether oxygens (including phenoxy) is 1. The van der Waals surface area contributed by atoms with Gasteiger partial charge in [-0.05, 0) is 41.5 Å². The minimum absolute atomic E-state index is 0.0950. The quantitative estimate of drug-likeness (QED) is 0.920. The van der Waals surface area contributed by atoms with E-state index in [-0.39, 0.29) is 18.0 Å². The van der Waals surface area contributed by atoms with Crippen LogP contribution in [0, 0.1) is 5.82 Å². The van der Waals surface area contributed by atoms with Crippen molar-refractivity contribution >= 4 is 15.9 Å². The Bertz CT molecular complexity index is 397. The van der Waals surface area contributed by atoms with Crippen molar-refractivity contribution in [3.05, 3.63) is 28.0 Å². The Labute approximate surface area is 103 Å². The SMILES string of the molecule is CCCC1Oc2cc(Br)c(F)cc2C1NC. The molecule has 0 aliphatic carbocycles. The molecular weight excluding hydrogens is 273 g/mol. The fourth-order valence-electron chi connectivity index (χ4n) is 2.17. The Morgan fingerprint density at radius 1 is 1.50 bits per heavy atom. The van der Waals surface area contributed by atoms with Gasteiger partial charge in [-0.25, -0.2) is 4.39 Å². The van der Waals surface area contributed by atoms with Gasteiger partial charge in [0.25, 0.3) is 0 Å². The van der Waals surface area contributed by atoms with Crippen LogP contribution in [0.25, 0.3) is 0 Å². The van der Waals surface area contributed by atoms with Crippen molar-refractivity contribution in [2.45, 2.75) is 31.9 Å². The number of nitrogens with one attached hydrogen (secondary N) is 1. The van der Waals surface area contributed by atoms with Crippen LogP contribution in [0.1, 0.15) is 31.4 Å². The van der Waals surface area contributed by atoms with Gasteiger partial charge in [0, 0.05) is 5.56 Å². The maximum Gasteiger partial charge on any atom is 0.137 e. The summed E-state index contributed by atoms with van der Waals surface area (Å²) in [5.41, 5.74) is 0.918. The molecule has 1 aliphatic heterocycles. The Balaban J connectivity index is 2.35. The number of rotatable bonds is 3. The zero-order chi connectivity index (χ0) is 11.7. The van der Waals surface area contributed by atoms with Gasteiger partial charge < -0.3 is 10.1 Å². The minimum atomic E-state index is -0.236. The lowest BCUT2D eigenvalue weighted by molar-refractivity contribution is 0.182. The first-order chi connectivity index (χ1) is 7.67. The molecule has 2 unspecified atom stereocenters. The summed E-state index contributed by atoms with van der Waals surface area (Å²) in [4.78, 5) is 0. The second-order valence-corrected chi connectivity index (χ2v) is 4.87. The minimum Gasteiger partial charge on any atom is -0.488 e. The van der Waals surface area contributed by atoms with Crippen LogP contribution in [0.4, 0.5) is 4.39 Å². The van der Waals surface area contributed by atoms with Gasteiger partial charge in [0.15, 0.2) is 0 Å². The average Bonchev–Trinajstić information content (AvgIpc) is 2.56. The van der Waals surface area contributed by atoms with Gasteiger partial charge in [-0.2, -0.15) is 0 Å². The Morgan fingerprint density at radius 3 is 2.88 bits per heavy atom. The van der Waals surface area contributed by atoms with Gasteiger partial charge in [-0.15, -0.1) is 0 Å². The summed E-state index contributed by atoms with van der Waals surface area (Å²) < 4.78 is 19.8. The molecule has 1 aliphatic rings. The maximum atomic E-state index is 13.5. The second kappa shape index (κ2) is 4.72. The molecule has 0 fully saturated rings. The molecule has 0 bridgehead atoms. The van der Waals surface area contributed by atoms with E-state index in [2.05, 4.69) is 28.2 Å². The second-order valence-electron chi connectivity index (χ2n) is 4.02. The summed E-state index contributed by atoms with van der Waals surface area (Å²) in [6, 6.07) is 3.36. The zero-order valence-corrected chi connectivity index (χ0v) is 11.0. The molecule has 88 valence electrons. The molecule has 0 saturated carbocycles. The van der Waals surface area contributed by atoms with Crippen molar-refractivity contribution in [3.63, 3.8) is 0 Å². The van der Waals surface area contributed by atoms with Gasteiger partial charge in [-0.3, -0.25) is 0 Å². The number of halogens is 2. The normalized spacial score (nSPS) is 23.0. The molecule has 2 nitrogen and oxygen atoms in total. The summed E-state index contributed by atoms with van der Waals surface area (Å²) in [5, 5.41) is 3.19. The van der Waals surface area contributed by atoms with Crippen molar-refractivity contribution in [2.24, 2.45) is 0 Å². The van der Waals surface area contributed by atoms with E-state index in [1.165, 1.54) is 0 Å². The zero-order valence-electron chi connectivity index (χ0n) is 9.39. The lowest BCUT2D eigenvalue weighted by atomic mass is 10.0. The Hall–Kier alpha value is -0.610. The molecule has 1 N–H and O–H groups in total. The number of fused-ring (bicyclic) bond motifs is 1. The van der Waals surface area contributed by atoms with Gasteiger partial charge in [-0.1, -0.05) is 13.3 Å². The third kappa shape index (κ3) is 1.96. The van der Waals surface area contributed by atoms with Crippen LogP contribution in [-0.4, -0.2) is 13.2 Å². The van der Waals surface area contributed by atoms with E-state index in [0.29, 0.717) is 4.47 Å². The lowest BCUT2D eigenvalue weighted by Gasteiger charge is -2.17. The smallest absolute Gasteiger partial charge is 0.137 e. The van der Waals surface area contributed by atoms with Crippen LogP contribution in [0.3, 0.4) is 0 Å². The fourth-order valence-corrected chi connectivity index (χ4v) is 2.49. The molecule has 1 aromatic rings. The van der Waals surface area contributed by atoms with Crippen molar-refractivity contribution in [1.82, 2.24) is 5.32 Å². The molecule has 0 aromatic heterocycles. The van der Waals surface area contributed by atoms with Crippen LogP contribution >= 0.6 is 15.9 Å². The first kappa shape index (κ1) is 11.9. The van der Waals surface area contributed by atoms with Crippen molar-refractivity contribution in [3.8, 4) is 5.75 Å². The Morgan fingerprint density at radius 2 is 2.25 bits per heavy atom. The van der Waals surface area contributed by atoms with Gasteiger partial charge in [0.05, 0.1) is 10.5 Å². The molecule has 0 radical (unpaired) electrons. The predicted molar refractivity (Wildman–Crippen MR) is 65.2 cm³/mol. The van der Waals surface area contributed by atoms with Crippen molar-refractivity contribution < 1.29 is 9.13 Å². The molecule has 0 spiro atoms. The molecule has 0 saturated heterocycles. The van der Waals surface area contributed by atoms with Crippen LogP contribution < -0.4 is 10.1 Å². The monoisotopic (exact) mass is 287 g/mol. The molecular formula is C12H15BrFNO. The van der Waals surface area contributed by atoms with Crippen LogP contribution in [0.2, 0.25) is 0 Å². The van der Waals surface area contributed by atoms with E-state index < -0.39 is 0 Å². The highest BCUT2D eigenvalue weighted by atomic mass is 79.9. The van der Waals surface area contributed by atoms with E-state index in [1.807, 2.05) is 7.05 Å².